The number of rotatable bonds is 5. The Bertz CT molecular complexity index is 1050. The molecule has 0 spiro atoms. The summed E-state index contributed by atoms with van der Waals surface area (Å²) in [5.74, 6) is 2.98. The van der Waals surface area contributed by atoms with E-state index in [4.69, 9.17) is 4.42 Å². The Morgan fingerprint density at radius 2 is 2.04 bits per heavy atom. The number of fused-ring (bicyclic) bond motifs is 1. The molecule has 0 unspecified atom stereocenters. The summed E-state index contributed by atoms with van der Waals surface area (Å²) in [5, 5.41) is 8.99. The highest BCUT2D eigenvalue weighted by Crippen LogP contribution is 2.25. The molecule has 0 bridgehead atoms. The quantitative estimate of drug-likeness (QED) is 0.669. The van der Waals surface area contributed by atoms with Crippen molar-refractivity contribution in [2.75, 3.05) is 13.1 Å². The number of aromatic nitrogens is 5. The normalized spacial score (nSPS) is 17.1. The van der Waals surface area contributed by atoms with Crippen molar-refractivity contribution >= 4 is 0 Å². The van der Waals surface area contributed by atoms with Crippen LogP contribution in [0.25, 0.3) is 5.82 Å². The molecule has 0 aromatic carbocycles. The van der Waals surface area contributed by atoms with E-state index in [2.05, 4.69) is 20.1 Å². The van der Waals surface area contributed by atoms with Crippen LogP contribution >= 0.6 is 0 Å². The lowest BCUT2D eigenvalue weighted by molar-refractivity contribution is 0.0676. The van der Waals surface area contributed by atoms with Gasteiger partial charge < -0.3 is 4.42 Å². The van der Waals surface area contributed by atoms with Crippen LogP contribution in [0.4, 0.5) is 0 Å². The number of aryl methyl sites for hydroxylation is 4. The van der Waals surface area contributed by atoms with Crippen LogP contribution in [-0.2, 0) is 25.9 Å². The molecule has 1 aliphatic heterocycles. The molecule has 0 saturated carbocycles. The molecule has 8 nitrogen and oxygen atoms in total. The van der Waals surface area contributed by atoms with Crippen molar-refractivity contribution in [2.45, 2.75) is 46.2 Å². The third-order valence-electron chi connectivity index (χ3n) is 5.54. The van der Waals surface area contributed by atoms with Crippen molar-refractivity contribution in [1.29, 1.82) is 0 Å². The molecule has 5 rings (SSSR count). The average Bonchev–Trinajstić information content (AvgIpc) is 3.29. The zero-order valence-corrected chi connectivity index (χ0v) is 16.3. The SMILES string of the molecule is Cc1cc(C)n(-c2ccc(=O)n(CC3CN(Cc4nc5c(o4)CCC5)C3)n2)n1. The van der Waals surface area contributed by atoms with Crippen molar-refractivity contribution in [2.24, 2.45) is 5.92 Å². The molecule has 1 fully saturated rings. The smallest absolute Gasteiger partial charge is 0.266 e. The molecule has 0 amide bonds. The van der Waals surface area contributed by atoms with Gasteiger partial charge in [0, 0.05) is 37.2 Å². The molecule has 3 aromatic heterocycles. The minimum atomic E-state index is -0.0761. The maximum absolute atomic E-state index is 12.3. The van der Waals surface area contributed by atoms with Gasteiger partial charge in [-0.05, 0) is 38.8 Å². The van der Waals surface area contributed by atoms with Crippen molar-refractivity contribution in [3.8, 4) is 5.82 Å². The fourth-order valence-electron chi connectivity index (χ4n) is 4.21. The number of likely N-dealkylation sites (tertiary alicyclic amines) is 1. The third-order valence-corrected chi connectivity index (χ3v) is 5.54. The van der Waals surface area contributed by atoms with Crippen LogP contribution in [0, 0.1) is 19.8 Å². The predicted octanol–water partition coefficient (Wildman–Crippen LogP) is 1.65. The molecule has 0 atom stereocenters. The third kappa shape index (κ3) is 3.17. The van der Waals surface area contributed by atoms with E-state index in [9.17, 15) is 4.79 Å². The Labute approximate surface area is 162 Å². The topological polar surface area (TPSA) is 82.0 Å². The van der Waals surface area contributed by atoms with Crippen molar-refractivity contribution < 1.29 is 4.42 Å². The first-order valence-electron chi connectivity index (χ1n) is 9.87. The maximum atomic E-state index is 12.3. The van der Waals surface area contributed by atoms with Crippen LogP contribution < -0.4 is 5.56 Å². The van der Waals surface area contributed by atoms with Gasteiger partial charge in [-0.25, -0.2) is 14.3 Å². The van der Waals surface area contributed by atoms with Crippen LogP contribution in [0.15, 0.2) is 27.4 Å². The Kier molecular flexibility index (Phi) is 4.16. The average molecular weight is 380 g/mol. The van der Waals surface area contributed by atoms with E-state index in [0.717, 1.165) is 67.6 Å². The van der Waals surface area contributed by atoms with E-state index < -0.39 is 0 Å². The van der Waals surface area contributed by atoms with E-state index in [1.165, 1.54) is 0 Å². The maximum Gasteiger partial charge on any atom is 0.266 e. The Hall–Kier alpha value is -2.74. The molecule has 0 radical (unpaired) electrons. The van der Waals surface area contributed by atoms with Gasteiger partial charge in [0.1, 0.15) is 5.76 Å². The monoisotopic (exact) mass is 380 g/mol. The lowest BCUT2D eigenvalue weighted by Crippen LogP contribution is -2.49. The van der Waals surface area contributed by atoms with Crippen molar-refractivity contribution in [3.63, 3.8) is 0 Å². The molecular formula is C20H24N6O2. The Morgan fingerprint density at radius 1 is 1.18 bits per heavy atom. The second-order valence-corrected chi connectivity index (χ2v) is 7.94. The lowest BCUT2D eigenvalue weighted by Gasteiger charge is -2.38. The summed E-state index contributed by atoms with van der Waals surface area (Å²) in [5.41, 5.74) is 3.00. The first-order valence-corrected chi connectivity index (χ1v) is 9.87. The van der Waals surface area contributed by atoms with E-state index in [1.807, 2.05) is 19.9 Å². The second-order valence-electron chi connectivity index (χ2n) is 7.94. The summed E-state index contributed by atoms with van der Waals surface area (Å²) in [6, 6.07) is 5.30. The van der Waals surface area contributed by atoms with Crippen LogP contribution in [-0.4, -0.2) is 42.5 Å². The van der Waals surface area contributed by atoms with Gasteiger partial charge >= 0.3 is 0 Å². The zero-order valence-electron chi connectivity index (χ0n) is 16.3. The van der Waals surface area contributed by atoms with Crippen LogP contribution in [0.3, 0.4) is 0 Å². The Balaban J connectivity index is 1.23. The van der Waals surface area contributed by atoms with Gasteiger partial charge in [0.15, 0.2) is 5.82 Å². The molecule has 8 heteroatoms. The second kappa shape index (κ2) is 6.70. The molecule has 1 aliphatic carbocycles. The predicted molar refractivity (Wildman–Crippen MR) is 102 cm³/mol. The zero-order chi connectivity index (χ0) is 19.3. The summed E-state index contributed by atoms with van der Waals surface area (Å²) in [6.45, 7) is 7.14. The van der Waals surface area contributed by atoms with Gasteiger partial charge in [-0.1, -0.05) is 0 Å². The highest BCUT2D eigenvalue weighted by molar-refractivity contribution is 5.23. The number of nitrogens with zero attached hydrogens (tertiary/aromatic N) is 6. The summed E-state index contributed by atoms with van der Waals surface area (Å²) in [7, 11) is 0. The molecule has 1 saturated heterocycles. The van der Waals surface area contributed by atoms with E-state index in [1.54, 1.807) is 21.5 Å². The highest BCUT2D eigenvalue weighted by Gasteiger charge is 2.29. The molecule has 3 aromatic rings. The molecular weight excluding hydrogens is 356 g/mol. The fraction of sp³-hybridized carbons (Fsp3) is 0.500. The first-order chi connectivity index (χ1) is 13.5. The minimum absolute atomic E-state index is 0.0761. The number of hydrogen-bond donors (Lipinski definition) is 0. The van der Waals surface area contributed by atoms with Crippen molar-refractivity contribution in [3.05, 3.63) is 57.3 Å². The van der Waals surface area contributed by atoms with Crippen LogP contribution in [0.2, 0.25) is 0 Å². The van der Waals surface area contributed by atoms with Gasteiger partial charge in [-0.3, -0.25) is 9.69 Å². The molecule has 28 heavy (non-hydrogen) atoms. The van der Waals surface area contributed by atoms with Gasteiger partial charge in [-0.2, -0.15) is 5.10 Å². The van der Waals surface area contributed by atoms with Gasteiger partial charge in [0.2, 0.25) is 5.89 Å². The minimum Gasteiger partial charge on any atom is -0.444 e. The number of hydrogen-bond acceptors (Lipinski definition) is 6. The Morgan fingerprint density at radius 3 is 2.79 bits per heavy atom. The first kappa shape index (κ1) is 17.4. The fourth-order valence-corrected chi connectivity index (χ4v) is 4.21. The number of oxazole rings is 1. The van der Waals surface area contributed by atoms with Gasteiger partial charge in [-0.15, -0.1) is 5.10 Å². The molecule has 0 N–H and O–H groups in total. The molecule has 2 aliphatic rings. The summed E-state index contributed by atoms with van der Waals surface area (Å²) in [4.78, 5) is 19.2. The molecule has 4 heterocycles. The van der Waals surface area contributed by atoms with Crippen molar-refractivity contribution in [1.82, 2.24) is 29.4 Å². The summed E-state index contributed by atoms with van der Waals surface area (Å²) >= 11 is 0. The van der Waals surface area contributed by atoms with E-state index in [-0.39, 0.29) is 5.56 Å². The standard InChI is InChI=1S/C20H24N6O2/c1-13-8-14(2)26(22-13)18-6-7-20(27)25(23-18)11-15-9-24(10-15)12-19-21-16-4-3-5-17(16)28-19/h6-8,15H,3-5,9-12H2,1-2H3. The van der Waals surface area contributed by atoms with E-state index >= 15 is 0 Å². The largest absolute Gasteiger partial charge is 0.444 e. The lowest BCUT2D eigenvalue weighted by atomic mass is 10.0. The van der Waals surface area contributed by atoms with Gasteiger partial charge in [0.25, 0.3) is 5.56 Å². The van der Waals surface area contributed by atoms with E-state index in [0.29, 0.717) is 18.3 Å². The summed E-state index contributed by atoms with van der Waals surface area (Å²) < 4.78 is 9.19. The highest BCUT2D eigenvalue weighted by atomic mass is 16.4. The van der Waals surface area contributed by atoms with Crippen LogP contribution in [0.1, 0.15) is 35.2 Å². The summed E-state index contributed by atoms with van der Waals surface area (Å²) in [6.07, 6.45) is 3.22. The van der Waals surface area contributed by atoms with Crippen LogP contribution in [0.5, 0.6) is 0 Å². The molecule has 146 valence electrons. The van der Waals surface area contributed by atoms with Gasteiger partial charge in [0.05, 0.1) is 24.5 Å².